The molecule has 0 amide bonds. The predicted molar refractivity (Wildman–Crippen MR) is 130 cm³/mol. The Hall–Kier alpha value is -2.99. The van der Waals surface area contributed by atoms with E-state index in [0.717, 1.165) is 44.3 Å². The first-order valence-corrected chi connectivity index (χ1v) is 11.7. The van der Waals surface area contributed by atoms with Crippen LogP contribution in [0.5, 0.6) is 23.0 Å². The minimum Gasteiger partial charge on any atom is -0.507 e. The molecule has 0 saturated carbocycles. The van der Waals surface area contributed by atoms with E-state index < -0.39 is 0 Å². The van der Waals surface area contributed by atoms with Gasteiger partial charge in [-0.25, -0.2) is 0 Å². The number of hydrogen-bond donors (Lipinski definition) is 1. The van der Waals surface area contributed by atoms with Gasteiger partial charge in [0.15, 0.2) is 17.3 Å². The fourth-order valence-electron chi connectivity index (χ4n) is 4.08. The molecule has 0 unspecified atom stereocenters. The second-order valence-electron chi connectivity index (χ2n) is 8.43. The van der Waals surface area contributed by atoms with Gasteiger partial charge in [-0.2, -0.15) is 0 Å². The molecule has 0 aliphatic carbocycles. The summed E-state index contributed by atoms with van der Waals surface area (Å²) in [7, 11) is 3.15. The molecule has 33 heavy (non-hydrogen) atoms. The van der Waals surface area contributed by atoms with Gasteiger partial charge >= 0.3 is 0 Å². The Bertz CT molecular complexity index is 1020. The van der Waals surface area contributed by atoms with Gasteiger partial charge in [-0.05, 0) is 68.3 Å². The maximum Gasteiger partial charge on any atom is 0.232 e. The number of allylic oxidation sites excluding steroid dienone is 1. The molecule has 178 valence electrons. The molecule has 0 radical (unpaired) electrons. The van der Waals surface area contributed by atoms with Crippen LogP contribution in [0.3, 0.4) is 0 Å². The predicted octanol–water partition coefficient (Wildman–Crippen LogP) is 5.74. The number of nitrogens with zero attached hydrogens (tertiary/aromatic N) is 1. The minimum atomic E-state index is -0.174. The summed E-state index contributed by atoms with van der Waals surface area (Å²) in [4.78, 5) is 15.6. The summed E-state index contributed by atoms with van der Waals surface area (Å²) in [5, 5.41) is 10.8. The topological polar surface area (TPSA) is 68.2 Å². The second-order valence-corrected chi connectivity index (χ2v) is 8.43. The number of hydrogen-bond acceptors (Lipinski definition) is 6. The van der Waals surface area contributed by atoms with Crippen molar-refractivity contribution in [1.82, 2.24) is 4.90 Å². The van der Waals surface area contributed by atoms with Crippen molar-refractivity contribution >= 4 is 11.9 Å². The Kier molecular flexibility index (Phi) is 8.39. The third-order valence-corrected chi connectivity index (χ3v) is 5.96. The molecule has 1 aliphatic heterocycles. The maximum absolute atomic E-state index is 13.2. The van der Waals surface area contributed by atoms with Crippen LogP contribution in [0.4, 0.5) is 0 Å². The lowest BCUT2D eigenvalue weighted by atomic mass is 9.99. The van der Waals surface area contributed by atoms with Crippen molar-refractivity contribution in [2.24, 2.45) is 0 Å². The highest BCUT2D eigenvalue weighted by atomic mass is 16.5. The highest BCUT2D eigenvalue weighted by molar-refractivity contribution is 6.15. The monoisotopic (exact) mass is 453 g/mol. The first kappa shape index (κ1) is 24.6. The van der Waals surface area contributed by atoms with Gasteiger partial charge in [-0.1, -0.05) is 32.8 Å². The van der Waals surface area contributed by atoms with Crippen molar-refractivity contribution in [1.29, 1.82) is 0 Å². The van der Waals surface area contributed by atoms with Crippen LogP contribution in [0.25, 0.3) is 6.08 Å². The number of aromatic hydroxyl groups is 1. The number of fused-ring (bicyclic) bond motifs is 1. The average Bonchev–Trinajstić information content (AvgIpc) is 3.13. The van der Waals surface area contributed by atoms with Crippen LogP contribution in [0, 0.1) is 6.92 Å². The standard InChI is InChI=1S/C27H35NO5/c1-6-8-12-28(13-9-7-2)17-20-21(29)14-18(3)25-26(30)24(33-27(20)25)16-19-10-11-22(31-4)23(15-19)32-5/h10-11,14-16,29H,6-9,12-13,17H2,1-5H3/b24-16+. The van der Waals surface area contributed by atoms with E-state index >= 15 is 0 Å². The normalized spacial score (nSPS) is 14.0. The van der Waals surface area contributed by atoms with Gasteiger partial charge in [0.25, 0.3) is 0 Å². The van der Waals surface area contributed by atoms with Gasteiger partial charge in [0.2, 0.25) is 5.78 Å². The molecule has 2 aromatic carbocycles. The summed E-state index contributed by atoms with van der Waals surface area (Å²) in [5.74, 6) is 1.90. The number of benzene rings is 2. The zero-order valence-electron chi connectivity index (χ0n) is 20.4. The SMILES string of the molecule is CCCCN(CCCC)Cc1c(O)cc(C)c2c1O/C(=C/c1ccc(OC)c(OC)c1)C2=O. The number of unbranched alkanes of at least 4 members (excludes halogenated alkanes) is 2. The van der Waals surface area contributed by atoms with E-state index in [9.17, 15) is 9.90 Å². The molecule has 0 saturated heterocycles. The summed E-state index contributed by atoms with van der Waals surface area (Å²) in [6.07, 6.45) is 6.09. The van der Waals surface area contributed by atoms with E-state index in [1.54, 1.807) is 38.5 Å². The van der Waals surface area contributed by atoms with Crippen LogP contribution in [0.2, 0.25) is 0 Å². The van der Waals surface area contributed by atoms with Crippen LogP contribution in [0.1, 0.15) is 66.6 Å². The lowest BCUT2D eigenvalue weighted by molar-refractivity contribution is 0.101. The van der Waals surface area contributed by atoms with Crippen LogP contribution >= 0.6 is 0 Å². The number of phenolic OH excluding ortho intramolecular Hbond substituents is 1. The highest BCUT2D eigenvalue weighted by Gasteiger charge is 2.33. The van der Waals surface area contributed by atoms with Gasteiger partial charge in [0, 0.05) is 6.54 Å². The number of carbonyl (C=O) groups is 1. The van der Waals surface area contributed by atoms with Crippen LogP contribution in [0.15, 0.2) is 30.0 Å². The van der Waals surface area contributed by atoms with Gasteiger partial charge in [0.1, 0.15) is 11.5 Å². The number of ether oxygens (including phenoxy) is 3. The van der Waals surface area contributed by atoms with Crippen LogP contribution in [-0.2, 0) is 6.54 Å². The lowest BCUT2D eigenvalue weighted by Crippen LogP contribution is -2.26. The van der Waals surface area contributed by atoms with E-state index in [1.807, 2.05) is 13.0 Å². The lowest BCUT2D eigenvalue weighted by Gasteiger charge is -2.23. The molecule has 1 N–H and O–H groups in total. The highest BCUT2D eigenvalue weighted by Crippen LogP contribution is 2.42. The fraction of sp³-hybridized carbons (Fsp3) is 0.444. The van der Waals surface area contributed by atoms with Crippen LogP contribution < -0.4 is 14.2 Å². The van der Waals surface area contributed by atoms with E-state index in [1.165, 1.54) is 0 Å². The van der Waals surface area contributed by atoms with E-state index in [-0.39, 0.29) is 17.3 Å². The van der Waals surface area contributed by atoms with Crippen molar-refractivity contribution in [2.45, 2.75) is 53.0 Å². The number of aryl methyl sites for hydroxylation is 1. The molecule has 0 atom stereocenters. The molecule has 1 aliphatic rings. The summed E-state index contributed by atoms with van der Waals surface area (Å²) < 4.78 is 16.8. The molecule has 3 rings (SSSR count). The van der Waals surface area contributed by atoms with Gasteiger partial charge in [-0.3, -0.25) is 9.69 Å². The molecule has 0 fully saturated rings. The third kappa shape index (κ3) is 5.50. The average molecular weight is 454 g/mol. The van der Waals surface area contributed by atoms with Gasteiger partial charge in [-0.15, -0.1) is 0 Å². The molecule has 0 spiro atoms. The smallest absolute Gasteiger partial charge is 0.232 e. The summed E-state index contributed by atoms with van der Waals surface area (Å²) >= 11 is 0. The molecule has 1 heterocycles. The molecule has 6 nitrogen and oxygen atoms in total. The first-order valence-electron chi connectivity index (χ1n) is 11.7. The maximum atomic E-state index is 13.2. The number of carbonyl (C=O) groups excluding carboxylic acids is 1. The number of methoxy groups -OCH3 is 2. The van der Waals surface area contributed by atoms with Crippen molar-refractivity contribution in [3.05, 3.63) is 52.3 Å². The Balaban J connectivity index is 1.95. The van der Waals surface area contributed by atoms with Crippen molar-refractivity contribution < 1.29 is 24.1 Å². The number of rotatable bonds is 11. The molecular weight excluding hydrogens is 418 g/mol. The fourth-order valence-corrected chi connectivity index (χ4v) is 4.08. The Morgan fingerprint density at radius 3 is 2.30 bits per heavy atom. The van der Waals surface area contributed by atoms with Gasteiger partial charge in [0.05, 0.1) is 25.3 Å². The van der Waals surface area contributed by atoms with Crippen molar-refractivity contribution in [3.63, 3.8) is 0 Å². The molecular formula is C27H35NO5. The summed E-state index contributed by atoms with van der Waals surface area (Å²) in [5.41, 5.74) is 2.67. The Morgan fingerprint density at radius 2 is 1.70 bits per heavy atom. The zero-order chi connectivity index (χ0) is 24.0. The Labute approximate surface area is 196 Å². The third-order valence-electron chi connectivity index (χ3n) is 5.96. The largest absolute Gasteiger partial charge is 0.507 e. The van der Waals surface area contributed by atoms with E-state index in [2.05, 4.69) is 18.7 Å². The molecule has 0 aromatic heterocycles. The Morgan fingerprint density at radius 1 is 1.03 bits per heavy atom. The number of Topliss-reactive ketones (excluding diaryl/α,β-unsaturated/α-hetero) is 1. The number of phenols is 1. The first-order chi connectivity index (χ1) is 15.9. The molecule has 2 aromatic rings. The van der Waals surface area contributed by atoms with Crippen LogP contribution in [-0.4, -0.2) is 43.1 Å². The molecule has 6 heteroatoms. The number of ketones is 1. The van der Waals surface area contributed by atoms with Crippen molar-refractivity contribution in [3.8, 4) is 23.0 Å². The summed E-state index contributed by atoms with van der Waals surface area (Å²) in [6, 6.07) is 7.11. The van der Waals surface area contributed by atoms with Crippen molar-refractivity contribution in [2.75, 3.05) is 27.3 Å². The zero-order valence-corrected chi connectivity index (χ0v) is 20.4. The molecule has 0 bridgehead atoms. The minimum absolute atomic E-state index is 0.171. The van der Waals surface area contributed by atoms with E-state index in [0.29, 0.717) is 40.5 Å². The second kappa shape index (κ2) is 11.2. The summed E-state index contributed by atoms with van der Waals surface area (Å²) in [6.45, 7) is 8.61. The van der Waals surface area contributed by atoms with Gasteiger partial charge < -0.3 is 19.3 Å². The quantitative estimate of drug-likeness (QED) is 0.438. The van der Waals surface area contributed by atoms with E-state index in [4.69, 9.17) is 14.2 Å².